The smallest absolute Gasteiger partial charge is 0.105 e. The van der Waals surface area contributed by atoms with Crippen molar-refractivity contribution in [3.05, 3.63) is 24.2 Å². The summed E-state index contributed by atoms with van der Waals surface area (Å²) >= 11 is 0. The SMILES string of the molecule is CCC(C)C(Cc1ccco1)NC. The van der Waals surface area contributed by atoms with Gasteiger partial charge >= 0.3 is 0 Å². The highest BCUT2D eigenvalue weighted by atomic mass is 16.3. The first-order valence-electron chi connectivity index (χ1n) is 4.97. The quantitative estimate of drug-likeness (QED) is 0.754. The van der Waals surface area contributed by atoms with E-state index in [-0.39, 0.29) is 0 Å². The van der Waals surface area contributed by atoms with Crippen LogP contribution in [0.1, 0.15) is 26.0 Å². The van der Waals surface area contributed by atoms with Gasteiger partial charge in [-0.25, -0.2) is 0 Å². The minimum absolute atomic E-state index is 0.524. The number of nitrogens with one attached hydrogen (secondary N) is 1. The first-order valence-corrected chi connectivity index (χ1v) is 4.97. The van der Waals surface area contributed by atoms with Gasteiger partial charge < -0.3 is 9.73 Å². The van der Waals surface area contributed by atoms with Crippen molar-refractivity contribution in [1.29, 1.82) is 0 Å². The minimum Gasteiger partial charge on any atom is -0.469 e. The fourth-order valence-corrected chi connectivity index (χ4v) is 1.52. The van der Waals surface area contributed by atoms with Gasteiger partial charge in [-0.15, -0.1) is 0 Å². The van der Waals surface area contributed by atoms with Crippen LogP contribution in [0, 0.1) is 5.92 Å². The van der Waals surface area contributed by atoms with Crippen molar-refractivity contribution in [2.75, 3.05) is 7.05 Å². The van der Waals surface area contributed by atoms with E-state index in [1.165, 1.54) is 6.42 Å². The highest BCUT2D eigenvalue weighted by Gasteiger charge is 2.14. The third-order valence-electron chi connectivity index (χ3n) is 2.70. The summed E-state index contributed by atoms with van der Waals surface area (Å²) in [4.78, 5) is 0. The van der Waals surface area contributed by atoms with Crippen LogP contribution in [-0.4, -0.2) is 13.1 Å². The predicted octanol–water partition coefficient (Wildman–Crippen LogP) is 2.46. The van der Waals surface area contributed by atoms with Gasteiger partial charge in [0.1, 0.15) is 5.76 Å². The van der Waals surface area contributed by atoms with Crippen LogP contribution in [0.3, 0.4) is 0 Å². The molecule has 0 aliphatic heterocycles. The van der Waals surface area contributed by atoms with Gasteiger partial charge in [0, 0.05) is 12.5 Å². The highest BCUT2D eigenvalue weighted by Crippen LogP contribution is 2.13. The Morgan fingerprint density at radius 2 is 2.31 bits per heavy atom. The highest BCUT2D eigenvalue weighted by molar-refractivity contribution is 5.00. The molecular formula is C11H19NO. The van der Waals surface area contributed by atoms with Crippen molar-refractivity contribution in [2.24, 2.45) is 5.92 Å². The van der Waals surface area contributed by atoms with Crippen molar-refractivity contribution < 1.29 is 4.42 Å². The molecule has 0 aromatic carbocycles. The molecule has 0 bridgehead atoms. The maximum Gasteiger partial charge on any atom is 0.105 e. The Morgan fingerprint density at radius 1 is 1.54 bits per heavy atom. The van der Waals surface area contributed by atoms with E-state index >= 15 is 0 Å². The van der Waals surface area contributed by atoms with Gasteiger partial charge in [0.05, 0.1) is 6.26 Å². The Morgan fingerprint density at radius 3 is 2.77 bits per heavy atom. The summed E-state index contributed by atoms with van der Waals surface area (Å²) in [7, 11) is 2.01. The summed E-state index contributed by atoms with van der Waals surface area (Å²) < 4.78 is 5.32. The molecule has 0 amide bonds. The Kier molecular flexibility index (Phi) is 4.03. The van der Waals surface area contributed by atoms with E-state index in [1.807, 2.05) is 19.2 Å². The summed E-state index contributed by atoms with van der Waals surface area (Å²) in [5.74, 6) is 1.76. The average Bonchev–Trinajstić information content (AvgIpc) is 2.65. The van der Waals surface area contributed by atoms with Crippen LogP contribution < -0.4 is 5.32 Å². The molecule has 0 saturated heterocycles. The fraction of sp³-hybridized carbons (Fsp3) is 0.636. The van der Waals surface area contributed by atoms with Crippen LogP contribution in [0.15, 0.2) is 22.8 Å². The normalized spacial score (nSPS) is 15.6. The summed E-state index contributed by atoms with van der Waals surface area (Å²) in [5.41, 5.74) is 0. The molecule has 1 N–H and O–H groups in total. The van der Waals surface area contributed by atoms with Crippen LogP contribution in [0.2, 0.25) is 0 Å². The Bertz CT molecular complexity index is 218. The zero-order valence-corrected chi connectivity index (χ0v) is 8.71. The largest absolute Gasteiger partial charge is 0.469 e. The maximum atomic E-state index is 5.32. The van der Waals surface area contributed by atoms with Crippen molar-refractivity contribution >= 4 is 0 Å². The average molecular weight is 181 g/mol. The number of likely N-dealkylation sites (N-methyl/N-ethyl adjacent to an activating group) is 1. The van der Waals surface area contributed by atoms with Gasteiger partial charge in [-0.1, -0.05) is 20.3 Å². The van der Waals surface area contributed by atoms with E-state index in [0.29, 0.717) is 12.0 Å². The molecule has 2 unspecified atom stereocenters. The van der Waals surface area contributed by atoms with Gasteiger partial charge in [0.25, 0.3) is 0 Å². The molecule has 1 rings (SSSR count). The zero-order valence-electron chi connectivity index (χ0n) is 8.71. The second kappa shape index (κ2) is 5.07. The fourth-order valence-electron chi connectivity index (χ4n) is 1.52. The van der Waals surface area contributed by atoms with E-state index < -0.39 is 0 Å². The molecule has 2 nitrogen and oxygen atoms in total. The second-order valence-electron chi connectivity index (χ2n) is 3.56. The zero-order chi connectivity index (χ0) is 9.68. The standard InChI is InChI=1S/C11H19NO/c1-4-9(2)11(12-3)8-10-6-5-7-13-10/h5-7,9,11-12H,4,8H2,1-3H3. The lowest BCUT2D eigenvalue weighted by Crippen LogP contribution is -2.33. The van der Waals surface area contributed by atoms with E-state index in [9.17, 15) is 0 Å². The molecule has 0 aliphatic rings. The molecule has 1 aromatic heterocycles. The lowest BCUT2D eigenvalue weighted by Gasteiger charge is -2.21. The van der Waals surface area contributed by atoms with Gasteiger partial charge in [0.2, 0.25) is 0 Å². The van der Waals surface area contributed by atoms with E-state index in [0.717, 1.165) is 12.2 Å². The third-order valence-corrected chi connectivity index (χ3v) is 2.70. The first-order chi connectivity index (χ1) is 6.27. The molecule has 2 atom stereocenters. The summed E-state index contributed by atoms with van der Waals surface area (Å²) in [6, 6.07) is 4.50. The molecular weight excluding hydrogens is 162 g/mol. The maximum absolute atomic E-state index is 5.32. The molecule has 0 saturated carbocycles. The van der Waals surface area contributed by atoms with Gasteiger partial charge in [-0.05, 0) is 25.1 Å². The van der Waals surface area contributed by atoms with Crippen molar-refractivity contribution in [3.63, 3.8) is 0 Å². The molecule has 0 aliphatic carbocycles. The molecule has 0 fully saturated rings. The van der Waals surface area contributed by atoms with Crippen LogP contribution in [0.25, 0.3) is 0 Å². The first kappa shape index (κ1) is 10.3. The van der Waals surface area contributed by atoms with Crippen molar-refractivity contribution in [2.45, 2.75) is 32.7 Å². The minimum atomic E-state index is 0.524. The van der Waals surface area contributed by atoms with Crippen molar-refractivity contribution in [3.8, 4) is 0 Å². The molecule has 74 valence electrons. The van der Waals surface area contributed by atoms with Gasteiger partial charge in [-0.3, -0.25) is 0 Å². The van der Waals surface area contributed by atoms with Gasteiger partial charge in [0.15, 0.2) is 0 Å². The molecule has 1 aromatic rings. The topological polar surface area (TPSA) is 25.2 Å². The summed E-state index contributed by atoms with van der Waals surface area (Å²) in [5, 5.41) is 3.33. The Balaban J connectivity index is 2.49. The molecule has 0 spiro atoms. The number of furan rings is 1. The van der Waals surface area contributed by atoms with E-state index in [2.05, 4.69) is 19.2 Å². The van der Waals surface area contributed by atoms with Crippen LogP contribution in [0.4, 0.5) is 0 Å². The van der Waals surface area contributed by atoms with E-state index in [1.54, 1.807) is 6.26 Å². The van der Waals surface area contributed by atoms with Gasteiger partial charge in [-0.2, -0.15) is 0 Å². The molecule has 2 heteroatoms. The summed E-state index contributed by atoms with van der Waals surface area (Å²) in [6.45, 7) is 4.49. The Labute approximate surface area is 80.3 Å². The van der Waals surface area contributed by atoms with Crippen molar-refractivity contribution in [1.82, 2.24) is 5.32 Å². The van der Waals surface area contributed by atoms with Crippen LogP contribution in [0.5, 0.6) is 0 Å². The summed E-state index contributed by atoms with van der Waals surface area (Å²) in [6.07, 6.45) is 3.92. The molecule has 1 heterocycles. The van der Waals surface area contributed by atoms with Crippen LogP contribution >= 0.6 is 0 Å². The molecule has 13 heavy (non-hydrogen) atoms. The number of hydrogen-bond donors (Lipinski definition) is 1. The monoisotopic (exact) mass is 181 g/mol. The second-order valence-corrected chi connectivity index (χ2v) is 3.56. The van der Waals surface area contributed by atoms with E-state index in [4.69, 9.17) is 4.42 Å². The Hall–Kier alpha value is -0.760. The van der Waals surface area contributed by atoms with Crippen LogP contribution in [-0.2, 0) is 6.42 Å². The molecule has 0 radical (unpaired) electrons. The number of hydrogen-bond acceptors (Lipinski definition) is 2. The lowest BCUT2D eigenvalue weighted by molar-refractivity contribution is 0.360. The lowest BCUT2D eigenvalue weighted by atomic mass is 9.96. The predicted molar refractivity (Wildman–Crippen MR) is 54.7 cm³/mol. The number of rotatable bonds is 5. The third kappa shape index (κ3) is 2.88.